The number of fused-ring (bicyclic) bond motifs is 3. The number of nitrogens with zero attached hydrogens (tertiary/aromatic N) is 5. The van der Waals surface area contributed by atoms with Crippen LogP contribution in [0.4, 0.5) is 5.69 Å². The Kier molecular flexibility index (Phi) is 5.44. The van der Waals surface area contributed by atoms with Crippen LogP contribution in [0.3, 0.4) is 0 Å². The molecule has 182 valence electrons. The van der Waals surface area contributed by atoms with E-state index in [1.165, 1.54) is 0 Å². The Morgan fingerprint density at radius 1 is 1.00 bits per heavy atom. The maximum atomic E-state index is 13.2. The number of furan rings is 1. The zero-order valence-corrected chi connectivity index (χ0v) is 19.8. The van der Waals surface area contributed by atoms with Gasteiger partial charge in [-0.05, 0) is 48.5 Å². The number of anilines is 1. The normalized spacial score (nSPS) is 14.0. The summed E-state index contributed by atoms with van der Waals surface area (Å²) < 4.78 is 14.7. The molecule has 5 heterocycles. The van der Waals surface area contributed by atoms with Gasteiger partial charge in [0, 0.05) is 50.3 Å². The molecule has 0 spiro atoms. The number of benzene rings is 1. The Morgan fingerprint density at radius 3 is 2.67 bits per heavy atom. The lowest BCUT2D eigenvalue weighted by Crippen LogP contribution is -2.48. The fourth-order valence-corrected chi connectivity index (χ4v) is 4.80. The van der Waals surface area contributed by atoms with Gasteiger partial charge in [-0.25, -0.2) is 4.98 Å². The van der Waals surface area contributed by atoms with E-state index in [1.807, 2.05) is 53.1 Å². The van der Waals surface area contributed by atoms with Crippen molar-refractivity contribution in [2.45, 2.75) is 6.54 Å². The quantitative estimate of drug-likeness (QED) is 0.382. The third-order valence-corrected chi connectivity index (χ3v) is 6.67. The second kappa shape index (κ2) is 8.92. The van der Waals surface area contributed by atoms with Crippen molar-refractivity contribution in [3.05, 3.63) is 94.9 Å². The molecule has 4 aromatic heterocycles. The van der Waals surface area contributed by atoms with Gasteiger partial charge in [-0.1, -0.05) is 6.07 Å². The van der Waals surface area contributed by atoms with E-state index in [1.54, 1.807) is 41.0 Å². The third-order valence-electron chi connectivity index (χ3n) is 6.67. The van der Waals surface area contributed by atoms with Crippen LogP contribution in [-0.2, 0) is 6.54 Å². The van der Waals surface area contributed by atoms with E-state index in [0.29, 0.717) is 30.0 Å². The minimum absolute atomic E-state index is 0.149. The molecule has 1 aliphatic heterocycles. The van der Waals surface area contributed by atoms with Gasteiger partial charge in [0.15, 0.2) is 11.4 Å². The van der Waals surface area contributed by atoms with Gasteiger partial charge >= 0.3 is 0 Å². The Hall–Kier alpha value is -4.53. The summed E-state index contributed by atoms with van der Waals surface area (Å²) >= 11 is 0. The number of pyridine rings is 1. The van der Waals surface area contributed by atoms with Crippen LogP contribution in [0.1, 0.15) is 16.3 Å². The molecule has 0 saturated carbocycles. The number of piperazine rings is 1. The number of amides is 1. The second-order valence-electron chi connectivity index (χ2n) is 8.75. The van der Waals surface area contributed by atoms with Crippen LogP contribution in [-0.4, -0.2) is 58.0 Å². The summed E-state index contributed by atoms with van der Waals surface area (Å²) in [7, 11) is 1.65. The molecule has 1 aliphatic rings. The lowest BCUT2D eigenvalue weighted by molar-refractivity contribution is 0.0712. The van der Waals surface area contributed by atoms with Crippen molar-refractivity contribution in [2.24, 2.45) is 0 Å². The molecule has 36 heavy (non-hydrogen) atoms. The highest BCUT2D eigenvalue weighted by molar-refractivity contribution is 5.91. The summed E-state index contributed by atoms with van der Waals surface area (Å²) in [6, 6.07) is 18.8. The van der Waals surface area contributed by atoms with Crippen LogP contribution >= 0.6 is 0 Å². The first-order chi connectivity index (χ1) is 17.6. The van der Waals surface area contributed by atoms with E-state index >= 15 is 0 Å². The van der Waals surface area contributed by atoms with Crippen molar-refractivity contribution in [3.63, 3.8) is 0 Å². The van der Waals surface area contributed by atoms with Gasteiger partial charge in [0.05, 0.1) is 19.2 Å². The number of carbonyl (C=O) groups is 1. The van der Waals surface area contributed by atoms with E-state index in [4.69, 9.17) is 9.15 Å². The van der Waals surface area contributed by atoms with Crippen LogP contribution in [0.5, 0.6) is 5.75 Å². The van der Waals surface area contributed by atoms with Crippen molar-refractivity contribution in [1.82, 2.24) is 18.9 Å². The lowest BCUT2D eigenvalue weighted by Gasteiger charge is -2.35. The van der Waals surface area contributed by atoms with E-state index < -0.39 is 0 Å². The van der Waals surface area contributed by atoms with Gasteiger partial charge in [0.2, 0.25) is 0 Å². The van der Waals surface area contributed by atoms with Crippen LogP contribution in [0, 0.1) is 0 Å². The highest BCUT2D eigenvalue weighted by atomic mass is 16.5. The fraction of sp³-hybridized carbons (Fsp3) is 0.222. The van der Waals surface area contributed by atoms with Crippen LogP contribution < -0.4 is 15.2 Å². The summed E-state index contributed by atoms with van der Waals surface area (Å²) in [6.45, 7) is 2.80. The monoisotopic (exact) mass is 483 g/mol. The molecule has 9 nitrogen and oxygen atoms in total. The van der Waals surface area contributed by atoms with E-state index in [9.17, 15) is 9.59 Å². The van der Waals surface area contributed by atoms with Crippen LogP contribution in [0.15, 0.2) is 82.3 Å². The average Bonchev–Trinajstić information content (AvgIpc) is 3.61. The van der Waals surface area contributed by atoms with E-state index in [-0.39, 0.29) is 23.8 Å². The zero-order valence-electron chi connectivity index (χ0n) is 19.8. The second-order valence-corrected chi connectivity index (χ2v) is 8.75. The van der Waals surface area contributed by atoms with Gasteiger partial charge in [-0.3, -0.25) is 14.2 Å². The van der Waals surface area contributed by atoms with Gasteiger partial charge in [-0.15, -0.1) is 0 Å². The zero-order chi connectivity index (χ0) is 24.6. The first-order valence-electron chi connectivity index (χ1n) is 11.8. The van der Waals surface area contributed by atoms with Crippen LogP contribution in [0.2, 0.25) is 0 Å². The fourth-order valence-electron chi connectivity index (χ4n) is 4.80. The molecular weight excluding hydrogens is 458 g/mol. The number of aromatic nitrogens is 3. The first-order valence-corrected chi connectivity index (χ1v) is 11.8. The predicted octanol–water partition coefficient (Wildman–Crippen LogP) is 3.26. The van der Waals surface area contributed by atoms with Crippen molar-refractivity contribution in [2.75, 3.05) is 38.2 Å². The smallest absolute Gasteiger partial charge is 0.289 e. The molecule has 0 radical (unpaired) electrons. The molecule has 1 saturated heterocycles. The molecule has 0 aliphatic carbocycles. The summed E-state index contributed by atoms with van der Waals surface area (Å²) in [5.41, 5.74) is 2.86. The maximum absolute atomic E-state index is 13.2. The molecule has 0 N–H and O–H groups in total. The van der Waals surface area contributed by atoms with Gasteiger partial charge < -0.3 is 23.4 Å². The Labute approximate surface area is 206 Å². The van der Waals surface area contributed by atoms with Crippen LogP contribution in [0.25, 0.3) is 16.7 Å². The maximum Gasteiger partial charge on any atom is 0.289 e. The average molecular weight is 484 g/mol. The minimum atomic E-state index is -0.163. The predicted molar refractivity (Wildman–Crippen MR) is 136 cm³/mol. The van der Waals surface area contributed by atoms with E-state index in [2.05, 4.69) is 9.88 Å². The summed E-state index contributed by atoms with van der Waals surface area (Å²) in [5, 5.41) is 0. The molecule has 5 aromatic rings. The number of carbonyl (C=O) groups excluding carboxylic acids is 1. The number of methoxy groups -OCH3 is 1. The molecule has 0 atom stereocenters. The largest absolute Gasteiger partial charge is 0.497 e. The van der Waals surface area contributed by atoms with Crippen molar-refractivity contribution < 1.29 is 13.9 Å². The topological polar surface area (TPSA) is 85.2 Å². The van der Waals surface area contributed by atoms with E-state index in [0.717, 1.165) is 30.0 Å². The van der Waals surface area contributed by atoms with Gasteiger partial charge in [0.1, 0.15) is 17.0 Å². The highest BCUT2D eigenvalue weighted by Crippen LogP contribution is 2.23. The Morgan fingerprint density at radius 2 is 1.83 bits per heavy atom. The number of rotatable bonds is 5. The van der Waals surface area contributed by atoms with Gasteiger partial charge in [-0.2, -0.15) is 0 Å². The molecule has 9 heteroatoms. The van der Waals surface area contributed by atoms with Crippen molar-refractivity contribution in [1.29, 1.82) is 0 Å². The third kappa shape index (κ3) is 3.78. The minimum Gasteiger partial charge on any atom is -0.497 e. The number of ether oxygens (including phenoxy) is 1. The molecule has 0 unspecified atom stereocenters. The highest BCUT2D eigenvalue weighted by Gasteiger charge is 2.25. The molecule has 0 bridgehead atoms. The first kappa shape index (κ1) is 22.0. The SMILES string of the molecule is COc1cccc(N2CCN(C(=O)c3ccc(Cn4c(=O)c5cccn5c5cccnc54)o3)CC2)c1. The van der Waals surface area contributed by atoms with Crippen molar-refractivity contribution in [3.8, 4) is 5.75 Å². The van der Waals surface area contributed by atoms with Gasteiger partial charge in [0.25, 0.3) is 11.5 Å². The lowest BCUT2D eigenvalue weighted by atomic mass is 10.2. The standard InChI is InChI=1S/C27H25N5O4/c1-35-20-6-2-5-19(17-20)29-13-15-30(16-14-29)27(34)24-10-9-21(36-24)18-32-25-22(7-3-11-28-25)31-12-4-8-23(31)26(32)33/h2-12,17H,13-16,18H2,1H3. The molecule has 1 amide bonds. The van der Waals surface area contributed by atoms with Crippen molar-refractivity contribution >= 4 is 28.3 Å². The molecule has 1 aromatic carbocycles. The number of hydrogen-bond acceptors (Lipinski definition) is 6. The Balaban J connectivity index is 1.19. The number of hydrogen-bond donors (Lipinski definition) is 0. The Bertz CT molecular complexity index is 1620. The molecule has 1 fully saturated rings. The summed E-state index contributed by atoms with van der Waals surface area (Å²) in [4.78, 5) is 34.8. The summed E-state index contributed by atoms with van der Waals surface area (Å²) in [6.07, 6.45) is 3.51. The molecular formula is C27H25N5O4. The molecule has 6 rings (SSSR count). The summed E-state index contributed by atoms with van der Waals surface area (Å²) in [5.74, 6) is 1.46.